The predicted octanol–water partition coefficient (Wildman–Crippen LogP) is 1.43. The lowest BCUT2D eigenvalue weighted by Gasteiger charge is -2.27. The Balaban J connectivity index is 3.05. The van der Waals surface area contributed by atoms with Gasteiger partial charge in [0.25, 0.3) is 0 Å². The van der Waals surface area contributed by atoms with Gasteiger partial charge < -0.3 is 10.5 Å². The summed E-state index contributed by atoms with van der Waals surface area (Å²) < 4.78 is 18.4. The van der Waals surface area contributed by atoms with Crippen LogP contribution in [-0.4, -0.2) is 18.7 Å². The van der Waals surface area contributed by atoms with Gasteiger partial charge >= 0.3 is 0 Å². The molecule has 1 rings (SSSR count). The summed E-state index contributed by atoms with van der Waals surface area (Å²) in [7, 11) is 1.55. The van der Waals surface area contributed by atoms with Crippen molar-refractivity contribution in [3.8, 4) is 0 Å². The van der Waals surface area contributed by atoms with Gasteiger partial charge in [-0.25, -0.2) is 4.39 Å². The van der Waals surface area contributed by atoms with E-state index in [-0.39, 0.29) is 5.82 Å². The van der Waals surface area contributed by atoms with E-state index in [1.165, 1.54) is 12.4 Å². The standard InChI is InChI=1S/C10H15FN2O/c1-3-10(12,7-14-2)8-4-5-13-6-9(8)11/h4-6H,3,7,12H2,1-2H3. The highest BCUT2D eigenvalue weighted by molar-refractivity contribution is 5.22. The smallest absolute Gasteiger partial charge is 0.146 e. The maximum Gasteiger partial charge on any atom is 0.146 e. The minimum atomic E-state index is -0.762. The van der Waals surface area contributed by atoms with Crippen LogP contribution in [0.3, 0.4) is 0 Å². The fraction of sp³-hybridized carbons (Fsp3) is 0.500. The molecule has 0 saturated heterocycles. The van der Waals surface area contributed by atoms with Gasteiger partial charge in [0.2, 0.25) is 0 Å². The van der Waals surface area contributed by atoms with E-state index in [0.717, 1.165) is 0 Å². The average Bonchev–Trinajstić information content (AvgIpc) is 2.18. The maximum absolute atomic E-state index is 13.4. The summed E-state index contributed by atoms with van der Waals surface area (Å²) in [6, 6.07) is 1.60. The van der Waals surface area contributed by atoms with Crippen LogP contribution in [0.25, 0.3) is 0 Å². The first kappa shape index (κ1) is 11.1. The van der Waals surface area contributed by atoms with E-state index in [4.69, 9.17) is 10.5 Å². The van der Waals surface area contributed by atoms with Crippen LogP contribution in [-0.2, 0) is 10.3 Å². The number of nitrogens with zero attached hydrogens (tertiary/aromatic N) is 1. The molecular formula is C10H15FN2O. The van der Waals surface area contributed by atoms with Gasteiger partial charge in [-0.15, -0.1) is 0 Å². The van der Waals surface area contributed by atoms with Crippen molar-refractivity contribution in [1.29, 1.82) is 0 Å². The van der Waals surface area contributed by atoms with Crippen molar-refractivity contribution in [2.75, 3.05) is 13.7 Å². The lowest BCUT2D eigenvalue weighted by atomic mass is 9.89. The highest BCUT2D eigenvalue weighted by Crippen LogP contribution is 2.24. The van der Waals surface area contributed by atoms with Crippen LogP contribution in [0.1, 0.15) is 18.9 Å². The first-order chi connectivity index (χ1) is 6.64. The second-order valence-electron chi connectivity index (χ2n) is 3.30. The van der Waals surface area contributed by atoms with Crippen LogP contribution in [0.5, 0.6) is 0 Å². The highest BCUT2D eigenvalue weighted by atomic mass is 19.1. The molecule has 0 fully saturated rings. The van der Waals surface area contributed by atoms with E-state index in [0.29, 0.717) is 18.6 Å². The Kier molecular flexibility index (Phi) is 3.55. The zero-order chi connectivity index (χ0) is 10.6. The predicted molar refractivity (Wildman–Crippen MR) is 52.2 cm³/mol. The van der Waals surface area contributed by atoms with Crippen molar-refractivity contribution in [3.63, 3.8) is 0 Å². The third-order valence-corrected chi connectivity index (χ3v) is 2.34. The third-order valence-electron chi connectivity index (χ3n) is 2.34. The maximum atomic E-state index is 13.4. The van der Waals surface area contributed by atoms with Gasteiger partial charge in [0.05, 0.1) is 18.3 Å². The molecule has 0 aromatic carbocycles. The Morgan fingerprint density at radius 3 is 2.86 bits per heavy atom. The summed E-state index contributed by atoms with van der Waals surface area (Å²) in [5.74, 6) is -0.381. The molecule has 3 nitrogen and oxygen atoms in total. The summed E-state index contributed by atoms with van der Waals surface area (Å²) in [5.41, 5.74) is 5.73. The van der Waals surface area contributed by atoms with Gasteiger partial charge in [0, 0.05) is 18.9 Å². The summed E-state index contributed by atoms with van der Waals surface area (Å²) in [6.45, 7) is 2.20. The minimum Gasteiger partial charge on any atom is -0.382 e. The van der Waals surface area contributed by atoms with Crippen LogP contribution in [0.15, 0.2) is 18.5 Å². The van der Waals surface area contributed by atoms with Crippen LogP contribution in [0, 0.1) is 5.82 Å². The van der Waals surface area contributed by atoms with Crippen LogP contribution in [0.4, 0.5) is 4.39 Å². The van der Waals surface area contributed by atoms with Crippen molar-refractivity contribution in [3.05, 3.63) is 29.8 Å². The first-order valence-electron chi connectivity index (χ1n) is 4.52. The van der Waals surface area contributed by atoms with Crippen LogP contribution in [0.2, 0.25) is 0 Å². The molecule has 1 unspecified atom stereocenters. The van der Waals surface area contributed by atoms with Gasteiger partial charge in [-0.2, -0.15) is 0 Å². The molecule has 0 aliphatic carbocycles. The zero-order valence-electron chi connectivity index (χ0n) is 8.46. The number of halogens is 1. The van der Waals surface area contributed by atoms with E-state index in [9.17, 15) is 4.39 Å². The lowest BCUT2D eigenvalue weighted by molar-refractivity contribution is 0.127. The zero-order valence-corrected chi connectivity index (χ0v) is 8.46. The number of methoxy groups -OCH3 is 1. The van der Waals surface area contributed by atoms with Crippen LogP contribution < -0.4 is 5.73 Å². The number of hydrogen-bond donors (Lipinski definition) is 1. The molecule has 1 atom stereocenters. The molecule has 0 spiro atoms. The fourth-order valence-corrected chi connectivity index (χ4v) is 1.41. The molecule has 4 heteroatoms. The van der Waals surface area contributed by atoms with Crippen molar-refractivity contribution in [2.24, 2.45) is 5.73 Å². The van der Waals surface area contributed by atoms with Gasteiger partial charge in [0.1, 0.15) is 5.82 Å². The molecule has 0 bridgehead atoms. The SMILES string of the molecule is CCC(N)(COC)c1ccncc1F. The Morgan fingerprint density at radius 2 is 2.36 bits per heavy atom. The quantitative estimate of drug-likeness (QED) is 0.796. The Hall–Kier alpha value is -1.00. The minimum absolute atomic E-state index is 0.296. The van der Waals surface area contributed by atoms with Crippen LogP contribution >= 0.6 is 0 Å². The van der Waals surface area contributed by atoms with E-state index in [1.807, 2.05) is 6.92 Å². The summed E-state index contributed by atoms with van der Waals surface area (Å²) in [4.78, 5) is 3.68. The molecule has 1 aromatic heterocycles. The molecule has 78 valence electrons. The molecule has 0 saturated carbocycles. The number of pyridine rings is 1. The summed E-state index contributed by atoms with van der Waals surface area (Å²) in [5, 5.41) is 0. The second kappa shape index (κ2) is 4.48. The molecule has 1 aromatic rings. The normalized spacial score (nSPS) is 15.1. The topological polar surface area (TPSA) is 48.1 Å². The van der Waals surface area contributed by atoms with Gasteiger partial charge in [-0.05, 0) is 12.5 Å². The lowest BCUT2D eigenvalue weighted by Crippen LogP contribution is -2.41. The van der Waals surface area contributed by atoms with Crippen molar-refractivity contribution < 1.29 is 9.13 Å². The molecule has 0 radical (unpaired) electrons. The van der Waals surface area contributed by atoms with Crippen molar-refractivity contribution in [1.82, 2.24) is 4.98 Å². The number of hydrogen-bond acceptors (Lipinski definition) is 3. The van der Waals surface area contributed by atoms with Gasteiger partial charge in [0.15, 0.2) is 0 Å². The number of rotatable bonds is 4. The Labute approximate surface area is 83.1 Å². The Bertz CT molecular complexity index is 306. The second-order valence-corrected chi connectivity index (χ2v) is 3.30. The molecule has 2 N–H and O–H groups in total. The molecule has 0 aliphatic heterocycles. The number of nitrogens with two attached hydrogens (primary N) is 1. The van der Waals surface area contributed by atoms with E-state index in [1.54, 1.807) is 13.2 Å². The van der Waals surface area contributed by atoms with Crippen molar-refractivity contribution >= 4 is 0 Å². The van der Waals surface area contributed by atoms with E-state index < -0.39 is 5.54 Å². The Morgan fingerprint density at radius 1 is 1.64 bits per heavy atom. The molecular weight excluding hydrogens is 183 g/mol. The van der Waals surface area contributed by atoms with Crippen molar-refractivity contribution in [2.45, 2.75) is 18.9 Å². The molecule has 0 aliphatic rings. The van der Waals surface area contributed by atoms with Gasteiger partial charge in [-0.1, -0.05) is 6.92 Å². The number of aromatic nitrogens is 1. The molecule has 1 heterocycles. The highest BCUT2D eigenvalue weighted by Gasteiger charge is 2.28. The summed E-state index contributed by atoms with van der Waals surface area (Å²) in [6.07, 6.45) is 3.31. The van der Waals surface area contributed by atoms with E-state index in [2.05, 4.69) is 4.98 Å². The molecule has 14 heavy (non-hydrogen) atoms. The largest absolute Gasteiger partial charge is 0.382 e. The average molecular weight is 198 g/mol. The monoisotopic (exact) mass is 198 g/mol. The summed E-state index contributed by atoms with van der Waals surface area (Å²) >= 11 is 0. The fourth-order valence-electron chi connectivity index (χ4n) is 1.41. The number of ether oxygens (including phenoxy) is 1. The first-order valence-corrected chi connectivity index (χ1v) is 4.52. The van der Waals surface area contributed by atoms with E-state index >= 15 is 0 Å². The third kappa shape index (κ3) is 2.08. The van der Waals surface area contributed by atoms with Gasteiger partial charge in [-0.3, -0.25) is 4.98 Å². The molecule has 0 amide bonds.